The van der Waals surface area contributed by atoms with E-state index in [9.17, 15) is 23.4 Å². The number of aliphatic hydroxyl groups is 1. The van der Waals surface area contributed by atoms with Crippen LogP contribution in [0.3, 0.4) is 0 Å². The fourth-order valence-corrected chi connectivity index (χ4v) is 6.08. The second-order valence-corrected chi connectivity index (χ2v) is 9.66. The summed E-state index contributed by atoms with van der Waals surface area (Å²) in [5.41, 5.74) is 1.03. The molecule has 0 aromatic heterocycles. The molecule has 0 aliphatic heterocycles. The summed E-state index contributed by atoms with van der Waals surface area (Å²) >= 11 is 6.06. The number of hydrogen-bond donors (Lipinski definition) is 4. The number of carbonyl (C=O) groups excluding carboxylic acids is 1. The maximum Gasteiger partial charge on any atom is 0.319 e. The van der Waals surface area contributed by atoms with Crippen molar-refractivity contribution in [3.05, 3.63) is 28.8 Å². The average molecular weight is 415 g/mol. The Labute approximate surface area is 163 Å². The second kappa shape index (κ2) is 7.69. The van der Waals surface area contributed by atoms with Crippen LogP contribution in [0.1, 0.15) is 39.0 Å². The second-order valence-electron chi connectivity index (χ2n) is 7.08. The van der Waals surface area contributed by atoms with Crippen LogP contribution in [0.25, 0.3) is 0 Å². The van der Waals surface area contributed by atoms with E-state index in [0.29, 0.717) is 12.8 Å². The van der Waals surface area contributed by atoms with Crippen molar-refractivity contribution in [3.63, 3.8) is 0 Å². The lowest BCUT2D eigenvalue weighted by molar-refractivity contribution is 0.183. The van der Waals surface area contributed by atoms with Gasteiger partial charge < -0.3 is 20.8 Å². The number of benzene rings is 1. The minimum atomic E-state index is -3.95. The van der Waals surface area contributed by atoms with Crippen molar-refractivity contribution in [2.24, 2.45) is 0 Å². The van der Waals surface area contributed by atoms with Gasteiger partial charge in [-0.15, -0.1) is 0 Å². The molecule has 148 valence electrons. The third kappa shape index (κ3) is 4.07. The number of aromatic hydroxyl groups is 1. The molecule has 1 aromatic rings. The van der Waals surface area contributed by atoms with Gasteiger partial charge in [0.15, 0.2) is 15.6 Å². The molecular formula is C18H23ClN2O5S. The summed E-state index contributed by atoms with van der Waals surface area (Å²) in [5, 5.41) is 24.5. The van der Waals surface area contributed by atoms with E-state index in [2.05, 4.69) is 10.6 Å². The SMILES string of the molecule is CC1=CCC[C@H]1NC(=O)Nc1ccc(Cl)c(S(=O)(=O)[C@@H]2CCC(O)C2)c1O. The molecule has 0 spiro atoms. The first-order chi connectivity index (χ1) is 12.7. The largest absolute Gasteiger partial charge is 0.504 e. The molecule has 2 aliphatic rings. The minimum absolute atomic E-state index is 0.0337. The molecule has 1 fully saturated rings. The first-order valence-electron chi connectivity index (χ1n) is 8.87. The quantitative estimate of drug-likeness (QED) is 0.446. The summed E-state index contributed by atoms with van der Waals surface area (Å²) in [6.45, 7) is 1.93. The highest BCUT2D eigenvalue weighted by atomic mass is 35.5. The standard InChI is InChI=1S/C18H23ClN2O5S/c1-10-3-2-4-14(10)20-18(24)21-15-8-7-13(19)17(16(15)23)27(25,26)12-6-5-11(22)9-12/h3,7-8,11-12,14,22-23H,2,4-6,9H2,1H3,(H2,20,21,24)/t11?,12-,14-/m1/s1. The number of halogens is 1. The van der Waals surface area contributed by atoms with Gasteiger partial charge in [0.2, 0.25) is 0 Å². The van der Waals surface area contributed by atoms with Gasteiger partial charge in [-0.05, 0) is 51.2 Å². The number of phenolic OH excluding ortho intramolecular Hbond substituents is 1. The van der Waals surface area contributed by atoms with E-state index < -0.39 is 37.9 Å². The van der Waals surface area contributed by atoms with E-state index in [4.69, 9.17) is 11.6 Å². The maximum absolute atomic E-state index is 12.9. The molecule has 0 heterocycles. The molecule has 3 atom stereocenters. The summed E-state index contributed by atoms with van der Waals surface area (Å²) in [4.78, 5) is 11.8. The van der Waals surface area contributed by atoms with Crippen molar-refractivity contribution in [1.29, 1.82) is 0 Å². The molecule has 9 heteroatoms. The van der Waals surface area contributed by atoms with Crippen molar-refractivity contribution in [1.82, 2.24) is 5.32 Å². The Morgan fingerprint density at radius 1 is 1.26 bits per heavy atom. The normalized spacial score (nSPS) is 25.3. The zero-order chi connectivity index (χ0) is 19.8. The van der Waals surface area contributed by atoms with Gasteiger partial charge in [0.1, 0.15) is 4.90 Å². The van der Waals surface area contributed by atoms with Gasteiger partial charge >= 0.3 is 6.03 Å². The van der Waals surface area contributed by atoms with Crippen molar-refractivity contribution in [2.75, 3.05) is 5.32 Å². The van der Waals surface area contributed by atoms with Crippen LogP contribution in [0.5, 0.6) is 5.75 Å². The summed E-state index contributed by atoms with van der Waals surface area (Å²) < 4.78 is 25.8. The smallest absolute Gasteiger partial charge is 0.319 e. The Morgan fingerprint density at radius 2 is 2.00 bits per heavy atom. The number of carbonyl (C=O) groups is 1. The van der Waals surface area contributed by atoms with Gasteiger partial charge in [0, 0.05) is 0 Å². The number of aliphatic hydroxyl groups excluding tert-OH is 1. The van der Waals surface area contributed by atoms with E-state index in [0.717, 1.165) is 18.4 Å². The lowest BCUT2D eigenvalue weighted by atomic mass is 10.2. The number of sulfone groups is 1. The molecule has 1 unspecified atom stereocenters. The molecule has 7 nitrogen and oxygen atoms in total. The number of hydrogen-bond acceptors (Lipinski definition) is 5. The van der Waals surface area contributed by atoms with Crippen LogP contribution in [0.15, 0.2) is 28.7 Å². The van der Waals surface area contributed by atoms with Crippen LogP contribution < -0.4 is 10.6 Å². The minimum Gasteiger partial charge on any atom is -0.504 e. The van der Waals surface area contributed by atoms with E-state index in [1.54, 1.807) is 0 Å². The fourth-order valence-electron chi connectivity index (χ4n) is 3.63. The van der Waals surface area contributed by atoms with Crippen LogP contribution in [0, 0.1) is 0 Å². The molecule has 0 saturated heterocycles. The Hall–Kier alpha value is -1.77. The zero-order valence-electron chi connectivity index (χ0n) is 14.9. The number of amides is 2. The molecule has 0 radical (unpaired) electrons. The topological polar surface area (TPSA) is 116 Å². The average Bonchev–Trinajstić information content (AvgIpc) is 3.19. The number of urea groups is 1. The molecule has 27 heavy (non-hydrogen) atoms. The van der Waals surface area contributed by atoms with Crippen molar-refractivity contribution in [3.8, 4) is 5.75 Å². The van der Waals surface area contributed by atoms with Gasteiger partial charge in [-0.25, -0.2) is 13.2 Å². The Kier molecular flexibility index (Phi) is 5.69. The number of rotatable bonds is 4. The number of phenols is 1. The van der Waals surface area contributed by atoms with E-state index >= 15 is 0 Å². The summed E-state index contributed by atoms with van der Waals surface area (Å²) in [5.74, 6) is -0.585. The van der Waals surface area contributed by atoms with E-state index in [-0.39, 0.29) is 23.2 Å². The molecule has 3 rings (SSSR count). The molecule has 1 aromatic carbocycles. The van der Waals surface area contributed by atoms with E-state index in [1.165, 1.54) is 12.1 Å². The highest BCUT2D eigenvalue weighted by Gasteiger charge is 2.38. The number of anilines is 1. The maximum atomic E-state index is 12.9. The van der Waals surface area contributed by atoms with Crippen molar-refractivity contribution < 1.29 is 23.4 Å². The number of nitrogens with one attached hydrogen (secondary N) is 2. The van der Waals surface area contributed by atoms with Crippen LogP contribution in [-0.4, -0.2) is 42.1 Å². The molecule has 0 bridgehead atoms. The van der Waals surface area contributed by atoms with E-state index in [1.807, 2.05) is 13.0 Å². The lowest BCUT2D eigenvalue weighted by Gasteiger charge is -2.18. The lowest BCUT2D eigenvalue weighted by Crippen LogP contribution is -2.37. The third-order valence-electron chi connectivity index (χ3n) is 5.19. The van der Waals surface area contributed by atoms with Crippen molar-refractivity contribution in [2.45, 2.75) is 61.3 Å². The molecule has 2 amide bonds. The fraction of sp³-hybridized carbons (Fsp3) is 0.500. The van der Waals surface area contributed by atoms with Gasteiger partial charge in [0.05, 0.1) is 28.1 Å². The molecular weight excluding hydrogens is 392 g/mol. The number of allylic oxidation sites excluding steroid dienone is 1. The van der Waals surface area contributed by atoms with Gasteiger partial charge in [-0.3, -0.25) is 0 Å². The summed E-state index contributed by atoms with van der Waals surface area (Å²) in [7, 11) is -3.95. The summed E-state index contributed by atoms with van der Waals surface area (Å²) in [6, 6.07) is 2.07. The molecule has 1 saturated carbocycles. The first kappa shape index (κ1) is 20.0. The zero-order valence-corrected chi connectivity index (χ0v) is 16.5. The van der Waals surface area contributed by atoms with Crippen LogP contribution in [0.2, 0.25) is 5.02 Å². The Bertz CT molecular complexity index is 884. The van der Waals surface area contributed by atoms with Crippen LogP contribution >= 0.6 is 11.6 Å². The monoisotopic (exact) mass is 414 g/mol. The predicted molar refractivity (Wildman–Crippen MR) is 103 cm³/mol. The summed E-state index contributed by atoms with van der Waals surface area (Å²) in [6.07, 6.45) is 3.84. The Morgan fingerprint density at radius 3 is 2.59 bits per heavy atom. The highest BCUT2D eigenvalue weighted by molar-refractivity contribution is 7.92. The van der Waals surface area contributed by atoms with Gasteiger partial charge in [0.25, 0.3) is 0 Å². The molecule has 4 N–H and O–H groups in total. The predicted octanol–water partition coefficient (Wildman–Crippen LogP) is 2.96. The van der Waals surface area contributed by atoms with Gasteiger partial charge in [-0.1, -0.05) is 23.3 Å². The molecule has 2 aliphatic carbocycles. The van der Waals surface area contributed by atoms with Crippen LogP contribution in [-0.2, 0) is 9.84 Å². The first-order valence-corrected chi connectivity index (χ1v) is 10.8. The Balaban J connectivity index is 1.83. The third-order valence-corrected chi connectivity index (χ3v) is 7.90. The highest BCUT2D eigenvalue weighted by Crippen LogP contribution is 2.41. The van der Waals surface area contributed by atoms with Crippen LogP contribution in [0.4, 0.5) is 10.5 Å². The van der Waals surface area contributed by atoms with Crippen molar-refractivity contribution >= 4 is 33.2 Å². The van der Waals surface area contributed by atoms with Gasteiger partial charge in [-0.2, -0.15) is 0 Å².